The second kappa shape index (κ2) is 10.3. The van der Waals surface area contributed by atoms with Gasteiger partial charge in [-0.2, -0.15) is 0 Å². The average molecular weight is 552 g/mol. The number of amides is 1. The first kappa shape index (κ1) is 25.4. The standard InChI is InChI=1S/C27H22FN3O5S2/c1-17-5-14-23(35-2)24-25(17)37-27(29-24)31(16-21-4-3-15-36-21)26(32)18-6-10-20(11-7-18)30-38(33,34)22-12-8-19(28)9-13-22/h3-15,30H,16H2,1-2H3. The van der Waals surface area contributed by atoms with Crippen LogP contribution in [0.3, 0.4) is 0 Å². The summed E-state index contributed by atoms with van der Waals surface area (Å²) in [6, 6.07) is 17.8. The van der Waals surface area contributed by atoms with E-state index >= 15 is 0 Å². The number of hydrogen-bond donors (Lipinski definition) is 1. The number of furan rings is 1. The van der Waals surface area contributed by atoms with Crippen LogP contribution in [-0.2, 0) is 16.6 Å². The highest BCUT2D eigenvalue weighted by Gasteiger charge is 2.24. The molecular weight excluding hydrogens is 529 g/mol. The summed E-state index contributed by atoms with van der Waals surface area (Å²) < 4.78 is 52.7. The minimum absolute atomic E-state index is 0.0785. The monoisotopic (exact) mass is 551 g/mol. The summed E-state index contributed by atoms with van der Waals surface area (Å²) in [5.74, 6) is 0.305. The molecule has 0 atom stereocenters. The Morgan fingerprint density at radius 2 is 1.82 bits per heavy atom. The van der Waals surface area contributed by atoms with Gasteiger partial charge >= 0.3 is 0 Å². The first-order chi connectivity index (χ1) is 18.2. The van der Waals surface area contributed by atoms with Crippen molar-refractivity contribution >= 4 is 48.3 Å². The number of nitrogens with one attached hydrogen (secondary N) is 1. The number of fused-ring (bicyclic) bond motifs is 1. The number of nitrogens with zero attached hydrogens (tertiary/aromatic N) is 2. The molecule has 1 amide bonds. The van der Waals surface area contributed by atoms with Crippen molar-refractivity contribution in [3.05, 3.63) is 102 Å². The molecule has 3 aromatic carbocycles. The van der Waals surface area contributed by atoms with Crippen molar-refractivity contribution in [2.45, 2.75) is 18.4 Å². The number of aromatic nitrogens is 1. The van der Waals surface area contributed by atoms with E-state index in [0.717, 1.165) is 22.4 Å². The largest absolute Gasteiger partial charge is 0.494 e. The number of carbonyl (C=O) groups excluding carboxylic acids is 1. The number of anilines is 2. The molecule has 194 valence electrons. The van der Waals surface area contributed by atoms with Crippen molar-refractivity contribution in [2.24, 2.45) is 0 Å². The first-order valence-electron chi connectivity index (χ1n) is 11.4. The van der Waals surface area contributed by atoms with Crippen LogP contribution in [0.25, 0.3) is 10.2 Å². The van der Waals surface area contributed by atoms with Gasteiger partial charge in [-0.1, -0.05) is 17.4 Å². The number of aryl methyl sites for hydroxylation is 1. The quantitative estimate of drug-likeness (QED) is 0.254. The number of thiazole rings is 1. The molecule has 2 aromatic heterocycles. The van der Waals surface area contributed by atoms with E-state index in [0.29, 0.717) is 27.7 Å². The lowest BCUT2D eigenvalue weighted by molar-refractivity contribution is 0.0983. The van der Waals surface area contributed by atoms with Crippen LogP contribution < -0.4 is 14.4 Å². The van der Waals surface area contributed by atoms with Crippen LogP contribution in [0.15, 0.2) is 88.4 Å². The first-order valence-corrected chi connectivity index (χ1v) is 13.7. The van der Waals surface area contributed by atoms with Crippen molar-refractivity contribution in [1.82, 2.24) is 4.98 Å². The Kier molecular flexibility index (Phi) is 6.87. The number of halogens is 1. The lowest BCUT2D eigenvalue weighted by atomic mass is 10.2. The van der Waals surface area contributed by atoms with Crippen molar-refractivity contribution in [3.8, 4) is 5.75 Å². The summed E-state index contributed by atoms with van der Waals surface area (Å²) in [6.07, 6.45) is 1.53. The average Bonchev–Trinajstić information content (AvgIpc) is 3.58. The highest BCUT2D eigenvalue weighted by molar-refractivity contribution is 7.92. The Bertz CT molecular complexity index is 1700. The minimum Gasteiger partial charge on any atom is -0.494 e. The minimum atomic E-state index is -3.93. The molecule has 0 bridgehead atoms. The number of benzene rings is 3. The third-order valence-electron chi connectivity index (χ3n) is 5.79. The molecule has 8 nitrogen and oxygen atoms in total. The van der Waals surface area contributed by atoms with Crippen LogP contribution in [-0.4, -0.2) is 26.4 Å². The molecule has 0 spiro atoms. The zero-order chi connectivity index (χ0) is 26.9. The van der Waals surface area contributed by atoms with Gasteiger partial charge in [0, 0.05) is 11.3 Å². The normalized spacial score (nSPS) is 11.4. The number of sulfonamides is 1. The van der Waals surface area contributed by atoms with E-state index in [9.17, 15) is 17.6 Å². The summed E-state index contributed by atoms with van der Waals surface area (Å²) in [5, 5.41) is 0.468. The highest BCUT2D eigenvalue weighted by atomic mass is 32.2. The van der Waals surface area contributed by atoms with Gasteiger partial charge in [0.25, 0.3) is 15.9 Å². The summed E-state index contributed by atoms with van der Waals surface area (Å²) in [7, 11) is -2.36. The Hall–Kier alpha value is -4.22. The van der Waals surface area contributed by atoms with E-state index in [1.54, 1.807) is 19.2 Å². The van der Waals surface area contributed by atoms with Crippen LogP contribution in [0.4, 0.5) is 15.2 Å². The maximum Gasteiger partial charge on any atom is 0.261 e. The van der Waals surface area contributed by atoms with Crippen LogP contribution >= 0.6 is 11.3 Å². The van der Waals surface area contributed by atoms with Crippen LogP contribution in [0.1, 0.15) is 21.7 Å². The molecule has 0 aliphatic carbocycles. The van der Waals surface area contributed by atoms with Gasteiger partial charge in [0.05, 0.1) is 29.5 Å². The Labute approximate surface area is 222 Å². The van der Waals surface area contributed by atoms with Gasteiger partial charge in [0.2, 0.25) is 0 Å². The van der Waals surface area contributed by atoms with Gasteiger partial charge in [-0.15, -0.1) is 0 Å². The summed E-state index contributed by atoms with van der Waals surface area (Å²) in [6.45, 7) is 2.11. The number of methoxy groups -OCH3 is 1. The summed E-state index contributed by atoms with van der Waals surface area (Å²) in [5.41, 5.74) is 2.25. The maximum atomic E-state index is 13.7. The van der Waals surface area contributed by atoms with Crippen LogP contribution in [0.5, 0.6) is 5.75 Å². The smallest absolute Gasteiger partial charge is 0.261 e. The maximum absolute atomic E-state index is 13.7. The molecule has 0 aliphatic rings. The lowest BCUT2D eigenvalue weighted by Gasteiger charge is -2.19. The van der Waals surface area contributed by atoms with E-state index < -0.39 is 15.8 Å². The zero-order valence-corrected chi connectivity index (χ0v) is 22.0. The van der Waals surface area contributed by atoms with E-state index in [2.05, 4.69) is 4.72 Å². The topological polar surface area (TPSA) is 102 Å². The van der Waals surface area contributed by atoms with Crippen molar-refractivity contribution in [2.75, 3.05) is 16.7 Å². The van der Waals surface area contributed by atoms with E-state index in [-0.39, 0.29) is 23.0 Å². The summed E-state index contributed by atoms with van der Waals surface area (Å²) in [4.78, 5) is 19.8. The molecule has 2 heterocycles. The fourth-order valence-corrected chi connectivity index (χ4v) is 5.94. The molecule has 0 aliphatic heterocycles. The fourth-order valence-electron chi connectivity index (χ4n) is 3.83. The van der Waals surface area contributed by atoms with Crippen molar-refractivity contribution in [1.29, 1.82) is 0 Å². The molecule has 1 N–H and O–H groups in total. The van der Waals surface area contributed by atoms with Gasteiger partial charge in [-0.3, -0.25) is 14.4 Å². The van der Waals surface area contributed by atoms with Gasteiger partial charge in [-0.25, -0.2) is 17.8 Å². The predicted octanol–water partition coefficient (Wildman–Crippen LogP) is 5.99. The van der Waals surface area contributed by atoms with Gasteiger partial charge in [0.15, 0.2) is 5.13 Å². The molecule has 38 heavy (non-hydrogen) atoms. The van der Waals surface area contributed by atoms with Gasteiger partial charge < -0.3 is 9.15 Å². The third kappa shape index (κ3) is 5.11. The molecule has 0 saturated carbocycles. The van der Waals surface area contributed by atoms with Crippen molar-refractivity contribution in [3.63, 3.8) is 0 Å². The second-order valence-electron chi connectivity index (χ2n) is 8.37. The molecular formula is C27H22FN3O5S2. The second-order valence-corrected chi connectivity index (χ2v) is 11.0. The molecule has 0 unspecified atom stereocenters. The Morgan fingerprint density at radius 3 is 2.47 bits per heavy atom. The van der Waals surface area contributed by atoms with Gasteiger partial charge in [0.1, 0.15) is 22.8 Å². The Balaban J connectivity index is 1.45. The van der Waals surface area contributed by atoms with Crippen LogP contribution in [0, 0.1) is 12.7 Å². The highest BCUT2D eigenvalue weighted by Crippen LogP contribution is 2.37. The molecule has 11 heteroatoms. The fraction of sp³-hybridized carbons (Fsp3) is 0.111. The van der Waals surface area contributed by atoms with E-state index in [1.165, 1.54) is 58.9 Å². The number of carbonyl (C=O) groups is 1. The lowest BCUT2D eigenvalue weighted by Crippen LogP contribution is -2.30. The van der Waals surface area contributed by atoms with Crippen LogP contribution in [0.2, 0.25) is 0 Å². The molecule has 5 aromatic rings. The molecule has 0 saturated heterocycles. The Morgan fingerprint density at radius 1 is 1.08 bits per heavy atom. The molecule has 5 rings (SSSR count). The van der Waals surface area contributed by atoms with Crippen molar-refractivity contribution < 1.29 is 26.8 Å². The van der Waals surface area contributed by atoms with E-state index in [1.807, 2.05) is 19.1 Å². The SMILES string of the molecule is COc1ccc(C)c2sc(N(Cc3ccco3)C(=O)c3ccc(NS(=O)(=O)c4ccc(F)cc4)cc3)nc12. The van der Waals surface area contributed by atoms with E-state index in [4.69, 9.17) is 14.1 Å². The predicted molar refractivity (Wildman–Crippen MR) is 144 cm³/mol. The zero-order valence-electron chi connectivity index (χ0n) is 20.3. The number of rotatable bonds is 8. The number of ether oxygens (including phenoxy) is 1. The molecule has 0 radical (unpaired) electrons. The van der Waals surface area contributed by atoms with Gasteiger partial charge in [-0.05, 0) is 79.2 Å². The number of hydrogen-bond acceptors (Lipinski definition) is 7. The molecule has 0 fully saturated rings. The third-order valence-corrected chi connectivity index (χ3v) is 8.40. The summed E-state index contributed by atoms with van der Waals surface area (Å²) >= 11 is 1.37.